The van der Waals surface area contributed by atoms with E-state index in [0.29, 0.717) is 84.0 Å². The van der Waals surface area contributed by atoms with E-state index in [0.717, 1.165) is 53.7 Å². The molecule has 8 aliphatic rings. The Morgan fingerprint density at radius 3 is 1.36 bits per heavy atom. The van der Waals surface area contributed by atoms with Crippen LogP contribution in [0.25, 0.3) is 0 Å². The molecule has 6 aromatic rings. The first-order chi connectivity index (χ1) is 57.4. The standard InChI is InChI=1S/C41H47BN6O12S2.C40H42N6O10S2/c1-22-13-31-39(51)46(41(53)60-21-25(4)61-62-36-28(48(55)56)9-7-10-43-36)29-17-33(24(3)15-26(29)37(49)44(31)19-22)58-11-8-12-59-35-18-30-27(16-34(35)57-6)38(50)45-20-23(2)14-32(45)40(52)47(30)42(5)54;1-22-12-26-18-42-29-16-35(34(53-5)15-27(29)37(47)43(26)19-22)55-11-7-10-54-33-17-31-28(14-24(33)3)38(48)44-20-23(2)13-32(44)39(49)45(31)40(50)56-21-25(4)57-58-36-30(46(51)52)8-6-9-41-36/h7,9-10,15-18,25,31-32,39-40,51-52,54H,1-2,8,11-14,19-21H2,3-6H3;6,8-9,14-18,25-26,32,39,49H,1-2,7,10-13,19-21H2,3-5H3/t25-,31+,32+,39+,40+;25-,26+,32+,39+/m11/s1. The molecule has 9 atom stereocenters. The van der Waals surface area contributed by atoms with Crippen LogP contribution in [-0.2, 0) is 9.47 Å². The maximum atomic E-state index is 14.0. The van der Waals surface area contributed by atoms with E-state index in [1.165, 1.54) is 106 Å². The topological polar surface area (TPSA) is 404 Å². The Balaban J connectivity index is 0.000000208. The molecule has 0 spiro atoms. The lowest BCUT2D eigenvalue weighted by molar-refractivity contribution is -0.388. The van der Waals surface area contributed by atoms with Crippen molar-refractivity contribution >= 4 is 126 Å². The zero-order valence-corrected chi connectivity index (χ0v) is 70.0. The maximum absolute atomic E-state index is 14.0. The Morgan fingerprint density at radius 1 is 0.542 bits per heavy atom. The van der Waals surface area contributed by atoms with Gasteiger partial charge < -0.3 is 82.6 Å². The second-order valence-electron chi connectivity index (χ2n) is 29.8. The fourth-order valence-electron chi connectivity index (χ4n) is 15.3. The monoisotopic (exact) mass is 1720 g/mol. The number of aryl methyl sites for hydroxylation is 2. The van der Waals surface area contributed by atoms with Gasteiger partial charge in [0.2, 0.25) is 0 Å². The average molecular weight is 1720 g/mol. The summed E-state index contributed by atoms with van der Waals surface area (Å²) in [6.07, 6.45) is 1.16. The zero-order chi connectivity index (χ0) is 85.8. The minimum Gasteiger partial charge on any atom is -0.493 e. The molecule has 0 radical (unpaired) electrons. The SMILES string of the molecule is C=C1C[C@H]2C=Nc3cc(OCCCOc4cc5c(cc4C)C(=O)N4CC(=C)C[C@H]4[C@H](O)N5C(=O)OC[C@@H](C)SSc4ncccc4[N+](=O)[O-])c(OC)cc3C(=O)N2C1.C=C1C[C@H]2[C@H](O)N(B(C)O)c3cc(OCCCOc4cc5c(cc4C)C(=O)N4CC(=C)C[C@H]4[C@H](O)N5C(=O)OC[C@@H](C)SSc4ncccc4[N+](=O)[O-])c(OC)cc3C(=O)N2C1. The van der Waals surface area contributed by atoms with Crippen LogP contribution < -0.4 is 43.0 Å². The molecule has 10 heterocycles. The lowest BCUT2D eigenvalue weighted by Gasteiger charge is -2.34. The van der Waals surface area contributed by atoms with E-state index in [-0.39, 0.29) is 173 Å². The van der Waals surface area contributed by atoms with Crippen LogP contribution >= 0.6 is 43.2 Å². The van der Waals surface area contributed by atoms with E-state index in [1.807, 2.05) is 0 Å². The van der Waals surface area contributed by atoms with E-state index in [2.05, 4.69) is 41.3 Å². The Bertz CT molecular complexity index is 5140. The summed E-state index contributed by atoms with van der Waals surface area (Å²) in [5.41, 5.74) is 6.25. The number of anilines is 3. The smallest absolute Gasteiger partial charge is 0.416 e. The number of nitrogens with zero attached hydrogens (tertiary/aromatic N) is 12. The normalized spacial score (nSPS) is 20.6. The molecule has 0 aliphatic carbocycles. The van der Waals surface area contributed by atoms with Crippen LogP contribution in [-0.4, -0.2) is 242 Å². The number of carbonyl (C=O) groups excluding carboxylic acids is 6. The van der Waals surface area contributed by atoms with Crippen molar-refractivity contribution < 1.29 is 96.9 Å². The molecule has 2 aromatic heterocycles. The maximum Gasteiger partial charge on any atom is 0.416 e. The lowest BCUT2D eigenvalue weighted by Crippen LogP contribution is -2.53. The molecular formula is C81H89BN12O22S4. The molecule has 34 nitrogen and oxygen atoms in total. The zero-order valence-electron chi connectivity index (χ0n) is 66.7. The third-order valence-electron chi connectivity index (χ3n) is 21.1. The van der Waals surface area contributed by atoms with Crippen molar-refractivity contribution in [1.82, 2.24) is 29.6 Å². The van der Waals surface area contributed by atoms with Gasteiger partial charge in [0.1, 0.15) is 30.9 Å². The van der Waals surface area contributed by atoms with Crippen LogP contribution in [0.2, 0.25) is 6.82 Å². The van der Waals surface area contributed by atoms with Crippen molar-refractivity contribution in [3.05, 3.63) is 187 Å². The van der Waals surface area contributed by atoms with Gasteiger partial charge >= 0.3 is 30.6 Å². The molecule has 120 heavy (non-hydrogen) atoms. The summed E-state index contributed by atoms with van der Waals surface area (Å²) < 4.78 is 47.1. The van der Waals surface area contributed by atoms with Gasteiger partial charge in [-0.25, -0.2) is 29.4 Å². The highest BCUT2D eigenvalue weighted by molar-refractivity contribution is 8.77. The van der Waals surface area contributed by atoms with Crippen molar-refractivity contribution in [2.24, 2.45) is 4.99 Å². The molecule has 4 saturated heterocycles. The second kappa shape index (κ2) is 37.3. The predicted molar refractivity (Wildman–Crippen MR) is 452 cm³/mol. The fraction of sp³-hybridized carbons (Fsp3) is 0.395. The largest absolute Gasteiger partial charge is 0.493 e. The summed E-state index contributed by atoms with van der Waals surface area (Å²) in [4.78, 5) is 127. The summed E-state index contributed by atoms with van der Waals surface area (Å²) in [6, 6.07) is 16.2. The number of fused-ring (bicyclic) bond motifs is 8. The van der Waals surface area contributed by atoms with Crippen molar-refractivity contribution in [3.63, 3.8) is 0 Å². The average Bonchev–Trinajstić information content (AvgIpc) is 1.61. The molecule has 4 fully saturated rings. The minimum absolute atomic E-state index is 0.0991. The number of methoxy groups -OCH3 is 2. The number of hydrogen-bond acceptors (Lipinski definition) is 30. The summed E-state index contributed by atoms with van der Waals surface area (Å²) in [5, 5.41) is 68.1. The van der Waals surface area contributed by atoms with E-state index in [9.17, 15) is 69.3 Å². The number of carbonyl (C=O) groups is 6. The van der Waals surface area contributed by atoms with Gasteiger partial charge in [-0.1, -0.05) is 70.2 Å². The number of pyridine rings is 2. The molecular weight excluding hydrogens is 1630 g/mol. The lowest BCUT2D eigenvalue weighted by atomic mass is 9.82. The van der Waals surface area contributed by atoms with E-state index in [1.54, 1.807) is 80.1 Å². The highest BCUT2D eigenvalue weighted by Gasteiger charge is 2.50. The van der Waals surface area contributed by atoms with Crippen LogP contribution in [0.5, 0.6) is 34.5 Å². The second-order valence-corrected chi connectivity index (χ2v) is 35.1. The Labute approximate surface area is 706 Å². The van der Waals surface area contributed by atoms with Gasteiger partial charge in [-0.3, -0.25) is 44.4 Å². The minimum atomic E-state index is -1.49. The number of ether oxygens (including phenoxy) is 8. The number of aliphatic hydroxyl groups is 3. The van der Waals surface area contributed by atoms with E-state index in [4.69, 9.17) is 37.9 Å². The van der Waals surface area contributed by atoms with Crippen molar-refractivity contribution in [2.75, 3.05) is 94.7 Å². The van der Waals surface area contributed by atoms with Gasteiger partial charge in [0, 0.05) is 110 Å². The van der Waals surface area contributed by atoms with Gasteiger partial charge in [-0.2, -0.15) is 0 Å². The molecule has 0 saturated carbocycles. The van der Waals surface area contributed by atoms with Gasteiger partial charge in [0.05, 0.1) is 114 Å². The Kier molecular flexibility index (Phi) is 27.0. The van der Waals surface area contributed by atoms with Crippen molar-refractivity contribution in [1.29, 1.82) is 0 Å². The molecule has 0 bridgehead atoms. The first kappa shape index (κ1) is 86.8. The predicted octanol–water partition coefficient (Wildman–Crippen LogP) is 11.6. The molecule has 0 unspecified atom stereocenters. The summed E-state index contributed by atoms with van der Waals surface area (Å²) in [6.45, 7) is 26.3. The van der Waals surface area contributed by atoms with Crippen molar-refractivity contribution in [2.45, 2.75) is 136 Å². The third-order valence-corrected chi connectivity index (χ3v) is 26.6. The summed E-state index contributed by atoms with van der Waals surface area (Å²) in [7, 11) is 6.45. The Hall–Kier alpha value is -11.1. The number of aliphatic hydroxyl groups excluding tert-OH is 3. The summed E-state index contributed by atoms with van der Waals surface area (Å²) >= 11 is 0. The molecule has 14 rings (SSSR count). The van der Waals surface area contributed by atoms with Gasteiger partial charge in [0.15, 0.2) is 45.5 Å². The number of rotatable bonds is 27. The quantitative estimate of drug-likeness (QED) is 0.00929. The van der Waals surface area contributed by atoms with Crippen LogP contribution in [0, 0.1) is 34.1 Å². The van der Waals surface area contributed by atoms with Crippen LogP contribution in [0.4, 0.5) is 43.7 Å². The number of benzene rings is 4. The highest BCUT2D eigenvalue weighted by atomic mass is 33.1. The van der Waals surface area contributed by atoms with Crippen molar-refractivity contribution in [3.8, 4) is 34.5 Å². The number of aromatic nitrogens is 2. The molecule has 8 aliphatic heterocycles. The molecule has 39 heteroatoms. The molecule has 4 aromatic carbocycles. The Morgan fingerprint density at radius 2 is 0.925 bits per heavy atom. The van der Waals surface area contributed by atoms with Crippen LogP contribution in [0.3, 0.4) is 0 Å². The number of amides is 6. The molecule has 4 N–H and O–H groups in total. The molecule has 6 amide bonds. The highest BCUT2D eigenvalue weighted by Crippen LogP contribution is 2.47. The first-order valence-electron chi connectivity index (χ1n) is 38.4. The third kappa shape index (κ3) is 18.3. The first-order valence-corrected chi connectivity index (χ1v) is 42.8. The fourth-order valence-corrected chi connectivity index (χ4v) is 19.3. The van der Waals surface area contributed by atoms with E-state index < -0.39 is 65.9 Å². The van der Waals surface area contributed by atoms with E-state index >= 15 is 0 Å². The number of aliphatic imine (C=N–C) groups is 1. The van der Waals surface area contributed by atoms with Gasteiger partial charge in [-0.15, -0.1) is 0 Å². The van der Waals surface area contributed by atoms with Crippen LogP contribution in [0.15, 0.2) is 149 Å². The van der Waals surface area contributed by atoms with Gasteiger partial charge in [0.25, 0.3) is 23.6 Å². The number of hydrogen-bond donors (Lipinski definition) is 4. The molecule has 632 valence electrons. The van der Waals surface area contributed by atoms with Gasteiger partial charge in [-0.05, 0) is 129 Å². The number of nitro groups is 2. The summed E-state index contributed by atoms with van der Waals surface area (Å²) in [5.74, 6) is 0.885. The van der Waals surface area contributed by atoms with Crippen LogP contribution in [0.1, 0.15) is 105 Å².